The number of ketones is 1. The molecule has 0 spiro atoms. The van der Waals surface area contributed by atoms with Crippen molar-refractivity contribution in [1.29, 1.82) is 0 Å². The Balaban J connectivity index is 2.09. The van der Waals surface area contributed by atoms with Crippen LogP contribution in [-0.2, 0) is 10.4 Å². The molecular weight excluding hydrogens is 358 g/mol. The van der Waals surface area contributed by atoms with Gasteiger partial charge in [0.2, 0.25) is 0 Å². The zero-order valence-corrected chi connectivity index (χ0v) is 15.2. The minimum absolute atomic E-state index is 0.238. The number of hydrogen-bond donors (Lipinski definition) is 1. The smallest absolute Gasteiger partial charge is 0.170 e. The van der Waals surface area contributed by atoms with Crippen molar-refractivity contribution in [1.82, 2.24) is 0 Å². The number of benzene rings is 3. The molecule has 0 fully saturated rings. The van der Waals surface area contributed by atoms with Gasteiger partial charge in [-0.3, -0.25) is 4.79 Å². The fourth-order valence-corrected chi connectivity index (χ4v) is 3.96. The average molecular weight is 376 g/mol. The van der Waals surface area contributed by atoms with Crippen LogP contribution in [0.3, 0.4) is 0 Å². The molecule has 1 aliphatic carbocycles. The molecule has 1 aliphatic rings. The third kappa shape index (κ3) is 2.60. The summed E-state index contributed by atoms with van der Waals surface area (Å²) >= 11 is 0. The topological polar surface area (TPSA) is 37.3 Å². The van der Waals surface area contributed by atoms with Crippen molar-refractivity contribution >= 4 is 16.9 Å². The number of allylic oxidation sites excluding steroid dienone is 1. The summed E-state index contributed by atoms with van der Waals surface area (Å²) in [5.41, 5.74) is -0.392. The second-order valence-electron chi connectivity index (χ2n) is 6.94. The van der Waals surface area contributed by atoms with Gasteiger partial charge in [-0.2, -0.15) is 0 Å². The SMILES string of the molecule is CC1C(=O)C(c2ccccc2)=C(c2ccccc2)C1(O)c1cccc(F)c1F. The normalized spacial score (nSPS) is 22.0. The summed E-state index contributed by atoms with van der Waals surface area (Å²) in [6, 6.07) is 21.5. The molecule has 0 saturated heterocycles. The maximum absolute atomic E-state index is 14.7. The van der Waals surface area contributed by atoms with E-state index < -0.39 is 23.2 Å². The van der Waals surface area contributed by atoms with Crippen LogP contribution in [-0.4, -0.2) is 10.9 Å². The van der Waals surface area contributed by atoms with Crippen molar-refractivity contribution in [3.8, 4) is 0 Å². The summed E-state index contributed by atoms with van der Waals surface area (Å²) < 4.78 is 28.7. The third-order valence-corrected chi connectivity index (χ3v) is 5.38. The van der Waals surface area contributed by atoms with Gasteiger partial charge in [-0.25, -0.2) is 8.78 Å². The number of carbonyl (C=O) groups excluding carboxylic acids is 1. The van der Waals surface area contributed by atoms with E-state index >= 15 is 0 Å². The van der Waals surface area contributed by atoms with Gasteiger partial charge in [-0.05, 0) is 17.2 Å². The molecular formula is C24H18F2O2. The van der Waals surface area contributed by atoms with E-state index in [-0.39, 0.29) is 11.3 Å². The van der Waals surface area contributed by atoms with Gasteiger partial charge in [-0.15, -0.1) is 0 Å². The molecule has 0 aliphatic heterocycles. The number of rotatable bonds is 3. The van der Waals surface area contributed by atoms with Gasteiger partial charge in [0.1, 0.15) is 5.60 Å². The predicted octanol–water partition coefficient (Wildman–Crippen LogP) is 4.98. The molecule has 140 valence electrons. The van der Waals surface area contributed by atoms with Gasteiger partial charge in [-0.1, -0.05) is 79.7 Å². The summed E-state index contributed by atoms with van der Waals surface area (Å²) in [6.45, 7) is 1.55. The molecule has 3 aromatic carbocycles. The molecule has 0 aromatic heterocycles. The van der Waals surface area contributed by atoms with E-state index in [2.05, 4.69) is 0 Å². The molecule has 2 unspecified atom stereocenters. The Morgan fingerprint density at radius 1 is 0.821 bits per heavy atom. The Morgan fingerprint density at radius 3 is 2.00 bits per heavy atom. The number of carbonyl (C=O) groups is 1. The van der Waals surface area contributed by atoms with Gasteiger partial charge in [0.05, 0.1) is 5.92 Å². The van der Waals surface area contributed by atoms with Crippen molar-refractivity contribution in [3.05, 3.63) is 107 Å². The standard InChI is InChI=1S/C24H18F2O2/c1-15-23(27)20(16-9-4-2-5-10-16)21(17-11-6-3-7-12-17)24(15,28)18-13-8-14-19(25)22(18)26/h2-15,28H,1H3. The largest absolute Gasteiger partial charge is 0.379 e. The first-order valence-electron chi connectivity index (χ1n) is 9.03. The van der Waals surface area contributed by atoms with Crippen LogP contribution < -0.4 is 0 Å². The molecule has 4 rings (SSSR count). The predicted molar refractivity (Wildman–Crippen MR) is 104 cm³/mol. The van der Waals surface area contributed by atoms with Gasteiger partial charge >= 0.3 is 0 Å². The van der Waals surface area contributed by atoms with E-state index in [1.807, 2.05) is 12.1 Å². The molecule has 28 heavy (non-hydrogen) atoms. The van der Waals surface area contributed by atoms with Crippen LogP contribution in [0.15, 0.2) is 78.9 Å². The Morgan fingerprint density at radius 2 is 1.39 bits per heavy atom. The maximum atomic E-state index is 14.7. The summed E-state index contributed by atoms with van der Waals surface area (Å²) in [5.74, 6) is -3.50. The molecule has 1 N–H and O–H groups in total. The number of Topliss-reactive ketones (excluding diaryl/α,β-unsaturated/α-hetero) is 1. The van der Waals surface area contributed by atoms with E-state index in [1.165, 1.54) is 12.1 Å². The highest BCUT2D eigenvalue weighted by molar-refractivity contribution is 6.33. The summed E-state index contributed by atoms with van der Waals surface area (Å²) in [4.78, 5) is 13.2. The van der Waals surface area contributed by atoms with Crippen molar-refractivity contribution in [3.63, 3.8) is 0 Å². The van der Waals surface area contributed by atoms with Gasteiger partial charge < -0.3 is 5.11 Å². The Hall–Kier alpha value is -3.11. The summed E-state index contributed by atoms with van der Waals surface area (Å²) in [6.07, 6.45) is 0. The van der Waals surface area contributed by atoms with Gasteiger partial charge in [0.25, 0.3) is 0 Å². The second-order valence-corrected chi connectivity index (χ2v) is 6.94. The zero-order valence-electron chi connectivity index (χ0n) is 15.2. The first-order chi connectivity index (χ1) is 13.5. The number of halogens is 2. The molecule has 2 atom stereocenters. The van der Waals surface area contributed by atoms with Crippen LogP contribution in [0.5, 0.6) is 0 Å². The maximum Gasteiger partial charge on any atom is 0.170 e. The highest BCUT2D eigenvalue weighted by atomic mass is 19.2. The van der Waals surface area contributed by atoms with E-state index in [9.17, 15) is 18.7 Å². The minimum Gasteiger partial charge on any atom is -0.379 e. The fraction of sp³-hybridized carbons (Fsp3) is 0.125. The molecule has 0 radical (unpaired) electrons. The first kappa shape index (κ1) is 18.3. The average Bonchev–Trinajstić information content (AvgIpc) is 2.93. The minimum atomic E-state index is -1.99. The van der Waals surface area contributed by atoms with Crippen molar-refractivity contribution in [2.75, 3.05) is 0 Å². The summed E-state index contributed by atoms with van der Waals surface area (Å²) in [7, 11) is 0. The summed E-state index contributed by atoms with van der Waals surface area (Å²) in [5, 5.41) is 11.8. The quantitative estimate of drug-likeness (QED) is 0.700. The molecule has 0 bridgehead atoms. The second kappa shape index (κ2) is 6.80. The van der Waals surface area contributed by atoms with Gasteiger partial charge in [0, 0.05) is 16.7 Å². The Bertz CT molecular complexity index is 1070. The van der Waals surface area contributed by atoms with E-state index in [0.717, 1.165) is 6.07 Å². The lowest BCUT2D eigenvalue weighted by Gasteiger charge is -2.31. The van der Waals surface area contributed by atoms with Crippen LogP contribution in [0.2, 0.25) is 0 Å². The first-order valence-corrected chi connectivity index (χ1v) is 9.03. The van der Waals surface area contributed by atoms with Crippen LogP contribution in [0, 0.1) is 17.6 Å². The molecule has 0 saturated carbocycles. The zero-order chi connectivity index (χ0) is 19.9. The van der Waals surface area contributed by atoms with Crippen molar-refractivity contribution in [2.45, 2.75) is 12.5 Å². The lowest BCUT2D eigenvalue weighted by Crippen LogP contribution is -2.35. The van der Waals surface area contributed by atoms with Gasteiger partial charge in [0.15, 0.2) is 17.4 Å². The lowest BCUT2D eigenvalue weighted by molar-refractivity contribution is -0.121. The number of aliphatic hydroxyl groups is 1. The van der Waals surface area contributed by atoms with Crippen LogP contribution >= 0.6 is 0 Å². The highest BCUT2D eigenvalue weighted by Crippen LogP contribution is 2.53. The molecule has 3 aromatic rings. The fourth-order valence-electron chi connectivity index (χ4n) is 3.96. The van der Waals surface area contributed by atoms with Crippen LogP contribution in [0.25, 0.3) is 11.1 Å². The molecule has 2 nitrogen and oxygen atoms in total. The molecule has 0 heterocycles. The molecule has 4 heteroatoms. The lowest BCUT2D eigenvalue weighted by atomic mass is 9.77. The van der Waals surface area contributed by atoms with Crippen molar-refractivity contribution in [2.24, 2.45) is 5.92 Å². The van der Waals surface area contributed by atoms with Crippen LogP contribution in [0.1, 0.15) is 23.6 Å². The van der Waals surface area contributed by atoms with Crippen LogP contribution in [0.4, 0.5) is 8.78 Å². The van der Waals surface area contributed by atoms with E-state index in [0.29, 0.717) is 22.3 Å². The van der Waals surface area contributed by atoms with E-state index in [4.69, 9.17) is 0 Å². The highest BCUT2D eigenvalue weighted by Gasteiger charge is 2.53. The Labute approximate surface area is 161 Å². The Kier molecular flexibility index (Phi) is 4.44. The third-order valence-electron chi connectivity index (χ3n) is 5.38. The molecule has 0 amide bonds. The van der Waals surface area contributed by atoms with Crippen molar-refractivity contribution < 1.29 is 18.7 Å². The monoisotopic (exact) mass is 376 g/mol. The van der Waals surface area contributed by atoms with E-state index in [1.54, 1.807) is 55.5 Å². The number of hydrogen-bond acceptors (Lipinski definition) is 2.